The number of anilines is 1. The van der Waals surface area contributed by atoms with Crippen molar-refractivity contribution in [1.82, 2.24) is 5.32 Å². The molecule has 1 aromatic rings. The fourth-order valence-electron chi connectivity index (χ4n) is 2.23. The lowest BCUT2D eigenvalue weighted by molar-refractivity contribution is -0.115. The molecule has 1 unspecified atom stereocenters. The largest absolute Gasteiger partial charge is 0.489 e. The molecule has 120 valence electrons. The smallest absolute Gasteiger partial charge is 0.238 e. The summed E-state index contributed by atoms with van der Waals surface area (Å²) in [6.45, 7) is 8.00. The minimum absolute atomic E-state index is 0.0740. The molecule has 1 saturated heterocycles. The Morgan fingerprint density at radius 1 is 1.50 bits per heavy atom. The van der Waals surface area contributed by atoms with Crippen LogP contribution in [0.4, 0.5) is 5.69 Å². The first-order valence-electron chi connectivity index (χ1n) is 7.63. The van der Waals surface area contributed by atoms with Crippen molar-refractivity contribution < 1.29 is 14.3 Å². The maximum absolute atomic E-state index is 11.9. The average molecular weight is 304 g/mol. The van der Waals surface area contributed by atoms with Gasteiger partial charge >= 0.3 is 0 Å². The second kappa shape index (κ2) is 8.56. The third-order valence-corrected chi connectivity index (χ3v) is 3.28. The van der Waals surface area contributed by atoms with Gasteiger partial charge in [0.05, 0.1) is 12.6 Å². The number of hydrogen-bond donors (Lipinski definition) is 2. The normalized spacial score (nSPS) is 17.2. The predicted octanol–water partition coefficient (Wildman–Crippen LogP) is 2.35. The van der Waals surface area contributed by atoms with Crippen LogP contribution in [0.2, 0.25) is 0 Å². The van der Waals surface area contributed by atoms with Crippen LogP contribution in [0.3, 0.4) is 0 Å². The number of rotatable bonds is 8. The maximum atomic E-state index is 11.9. The Labute approximate surface area is 131 Å². The van der Waals surface area contributed by atoms with Crippen LogP contribution in [0.15, 0.2) is 36.4 Å². The molecule has 22 heavy (non-hydrogen) atoms. The Morgan fingerprint density at radius 3 is 3.09 bits per heavy atom. The van der Waals surface area contributed by atoms with Crippen molar-refractivity contribution in [3.05, 3.63) is 36.4 Å². The minimum atomic E-state index is -0.0740. The van der Waals surface area contributed by atoms with Crippen LogP contribution in [0.25, 0.3) is 0 Å². The van der Waals surface area contributed by atoms with E-state index in [4.69, 9.17) is 9.47 Å². The molecule has 1 aliphatic heterocycles. The summed E-state index contributed by atoms with van der Waals surface area (Å²) in [5.41, 5.74) is 1.68. The molecule has 1 heterocycles. The van der Waals surface area contributed by atoms with Gasteiger partial charge in [0.2, 0.25) is 5.91 Å². The number of amides is 1. The Kier molecular flexibility index (Phi) is 6.43. The Bertz CT molecular complexity index is 510. The zero-order chi connectivity index (χ0) is 15.8. The van der Waals surface area contributed by atoms with E-state index >= 15 is 0 Å². The van der Waals surface area contributed by atoms with Gasteiger partial charge in [-0.15, -0.1) is 0 Å². The van der Waals surface area contributed by atoms with E-state index in [-0.39, 0.29) is 18.6 Å². The van der Waals surface area contributed by atoms with E-state index in [1.807, 2.05) is 25.1 Å². The van der Waals surface area contributed by atoms with Crippen molar-refractivity contribution >= 4 is 11.6 Å². The fourth-order valence-corrected chi connectivity index (χ4v) is 2.23. The molecular weight excluding hydrogens is 280 g/mol. The van der Waals surface area contributed by atoms with E-state index in [0.717, 1.165) is 37.3 Å². The molecule has 0 bridgehead atoms. The molecule has 1 aromatic carbocycles. The summed E-state index contributed by atoms with van der Waals surface area (Å²) in [7, 11) is 0. The second-order valence-electron chi connectivity index (χ2n) is 5.59. The number of carbonyl (C=O) groups is 1. The SMILES string of the molecule is C=C(C)COc1cccc(NC(=O)CNCC2CCCO2)c1. The second-order valence-corrected chi connectivity index (χ2v) is 5.59. The molecule has 5 nitrogen and oxygen atoms in total. The molecule has 0 aromatic heterocycles. The van der Waals surface area contributed by atoms with Gasteiger partial charge in [-0.25, -0.2) is 0 Å². The number of carbonyl (C=O) groups excluding carboxylic acids is 1. The van der Waals surface area contributed by atoms with Crippen LogP contribution in [0.1, 0.15) is 19.8 Å². The molecule has 1 amide bonds. The fraction of sp³-hybridized carbons (Fsp3) is 0.471. The number of benzene rings is 1. The van der Waals surface area contributed by atoms with E-state index in [1.165, 1.54) is 0 Å². The minimum Gasteiger partial charge on any atom is -0.489 e. The first-order valence-corrected chi connectivity index (χ1v) is 7.63. The lowest BCUT2D eigenvalue weighted by Crippen LogP contribution is -2.33. The zero-order valence-corrected chi connectivity index (χ0v) is 13.1. The van der Waals surface area contributed by atoms with Gasteiger partial charge in [-0.3, -0.25) is 4.79 Å². The molecular formula is C17H24N2O3. The predicted molar refractivity (Wildman–Crippen MR) is 87.2 cm³/mol. The Hall–Kier alpha value is -1.85. The number of nitrogens with one attached hydrogen (secondary N) is 2. The third kappa shape index (κ3) is 5.87. The van der Waals surface area contributed by atoms with Crippen LogP contribution >= 0.6 is 0 Å². The Balaban J connectivity index is 1.73. The van der Waals surface area contributed by atoms with Gasteiger partial charge in [0.15, 0.2) is 0 Å². The van der Waals surface area contributed by atoms with Crippen LogP contribution in [-0.2, 0) is 9.53 Å². The molecule has 1 fully saturated rings. The van der Waals surface area contributed by atoms with Gasteiger partial charge in [-0.1, -0.05) is 12.6 Å². The summed E-state index contributed by atoms with van der Waals surface area (Å²) in [5.74, 6) is 0.642. The lowest BCUT2D eigenvalue weighted by atomic mass is 10.2. The van der Waals surface area contributed by atoms with E-state index in [9.17, 15) is 4.79 Å². The highest BCUT2D eigenvalue weighted by Crippen LogP contribution is 2.17. The Morgan fingerprint density at radius 2 is 2.36 bits per heavy atom. The quantitative estimate of drug-likeness (QED) is 0.724. The molecule has 1 aliphatic rings. The van der Waals surface area contributed by atoms with Crippen LogP contribution in [-0.4, -0.2) is 38.3 Å². The first kappa shape index (κ1) is 16.5. The van der Waals surface area contributed by atoms with E-state index in [0.29, 0.717) is 12.4 Å². The average Bonchev–Trinajstić information content (AvgIpc) is 2.99. The van der Waals surface area contributed by atoms with Crippen molar-refractivity contribution in [3.8, 4) is 5.75 Å². The summed E-state index contributed by atoms with van der Waals surface area (Å²) in [6.07, 6.45) is 2.42. The highest BCUT2D eigenvalue weighted by Gasteiger charge is 2.15. The van der Waals surface area contributed by atoms with E-state index < -0.39 is 0 Å². The van der Waals surface area contributed by atoms with Crippen molar-refractivity contribution in [2.75, 3.05) is 31.6 Å². The summed E-state index contributed by atoms with van der Waals surface area (Å²) >= 11 is 0. The molecule has 0 spiro atoms. The van der Waals surface area contributed by atoms with E-state index in [1.54, 1.807) is 6.07 Å². The van der Waals surface area contributed by atoms with Gasteiger partial charge in [0.1, 0.15) is 12.4 Å². The van der Waals surface area contributed by atoms with Crippen LogP contribution < -0.4 is 15.4 Å². The molecule has 0 saturated carbocycles. The molecule has 0 radical (unpaired) electrons. The van der Waals surface area contributed by atoms with E-state index in [2.05, 4.69) is 17.2 Å². The summed E-state index contributed by atoms with van der Waals surface area (Å²) in [5, 5.41) is 5.97. The van der Waals surface area contributed by atoms with Gasteiger partial charge in [0, 0.05) is 24.9 Å². The highest BCUT2D eigenvalue weighted by atomic mass is 16.5. The zero-order valence-electron chi connectivity index (χ0n) is 13.1. The molecule has 1 atom stereocenters. The molecule has 5 heteroatoms. The van der Waals surface area contributed by atoms with Gasteiger partial charge < -0.3 is 20.1 Å². The first-order chi connectivity index (χ1) is 10.6. The van der Waals surface area contributed by atoms with Gasteiger partial charge in [0.25, 0.3) is 0 Å². The summed E-state index contributed by atoms with van der Waals surface area (Å²) in [6, 6.07) is 7.35. The molecule has 2 N–H and O–H groups in total. The van der Waals surface area contributed by atoms with Crippen LogP contribution in [0, 0.1) is 0 Å². The van der Waals surface area contributed by atoms with Crippen molar-refractivity contribution in [2.24, 2.45) is 0 Å². The summed E-state index contributed by atoms with van der Waals surface area (Å²) < 4.78 is 11.1. The molecule has 0 aliphatic carbocycles. The number of ether oxygens (including phenoxy) is 2. The van der Waals surface area contributed by atoms with Crippen molar-refractivity contribution in [2.45, 2.75) is 25.9 Å². The molecule has 2 rings (SSSR count). The van der Waals surface area contributed by atoms with Gasteiger partial charge in [-0.05, 0) is 37.5 Å². The van der Waals surface area contributed by atoms with Crippen LogP contribution in [0.5, 0.6) is 5.75 Å². The third-order valence-electron chi connectivity index (χ3n) is 3.28. The maximum Gasteiger partial charge on any atom is 0.238 e. The number of hydrogen-bond acceptors (Lipinski definition) is 4. The van der Waals surface area contributed by atoms with Crippen molar-refractivity contribution in [3.63, 3.8) is 0 Å². The van der Waals surface area contributed by atoms with Crippen molar-refractivity contribution in [1.29, 1.82) is 0 Å². The highest BCUT2D eigenvalue weighted by molar-refractivity contribution is 5.92. The summed E-state index contributed by atoms with van der Waals surface area (Å²) in [4.78, 5) is 11.9. The topological polar surface area (TPSA) is 59.6 Å². The van der Waals surface area contributed by atoms with Gasteiger partial charge in [-0.2, -0.15) is 0 Å². The monoisotopic (exact) mass is 304 g/mol. The lowest BCUT2D eigenvalue weighted by Gasteiger charge is -2.11. The standard InChI is InChI=1S/C17H24N2O3/c1-13(2)12-22-15-6-3-5-14(9-15)19-17(20)11-18-10-16-7-4-8-21-16/h3,5-6,9,16,18H,1,4,7-8,10-12H2,2H3,(H,19,20).